The molecule has 1 aliphatic heterocycles. The third-order valence-electron chi connectivity index (χ3n) is 4.06. The van der Waals surface area contributed by atoms with Gasteiger partial charge in [0, 0.05) is 19.0 Å². The summed E-state index contributed by atoms with van der Waals surface area (Å²) in [6.07, 6.45) is -4.78. The molecule has 1 amide bonds. The maximum Gasteiger partial charge on any atom is 0.416 e. The topological polar surface area (TPSA) is 55.6 Å². The number of rotatable bonds is 2. The number of carbonyl (C=O) groups is 1. The number of carbonyl (C=O) groups excluding carboxylic acids is 1. The van der Waals surface area contributed by atoms with E-state index in [9.17, 15) is 18.0 Å². The summed E-state index contributed by atoms with van der Waals surface area (Å²) in [4.78, 5) is 13.8. The van der Waals surface area contributed by atoms with Gasteiger partial charge < -0.3 is 15.4 Å². The van der Waals surface area contributed by atoms with E-state index >= 15 is 0 Å². The first-order valence-electron chi connectivity index (χ1n) is 7.86. The maximum absolute atomic E-state index is 12.7. The molecular formula is C17H23F3N2O2. The molecular weight excluding hydrogens is 321 g/mol. The van der Waals surface area contributed by atoms with Crippen molar-refractivity contribution in [3.63, 3.8) is 0 Å². The van der Waals surface area contributed by atoms with Crippen LogP contribution < -0.4 is 5.73 Å². The highest BCUT2D eigenvalue weighted by Gasteiger charge is 2.37. The lowest BCUT2D eigenvalue weighted by atomic mass is 9.88. The summed E-state index contributed by atoms with van der Waals surface area (Å²) >= 11 is 0. The first-order chi connectivity index (χ1) is 11.0. The summed E-state index contributed by atoms with van der Waals surface area (Å²) in [7, 11) is 0. The Labute approximate surface area is 139 Å². The molecule has 2 N–H and O–H groups in total. The minimum Gasteiger partial charge on any atom is -0.444 e. The van der Waals surface area contributed by atoms with Crippen LogP contribution in [0.5, 0.6) is 0 Å². The third kappa shape index (κ3) is 4.41. The van der Waals surface area contributed by atoms with E-state index in [2.05, 4.69) is 0 Å². The Balaban J connectivity index is 2.14. The van der Waals surface area contributed by atoms with Crippen LogP contribution in [-0.2, 0) is 10.9 Å². The van der Waals surface area contributed by atoms with E-state index in [0.29, 0.717) is 19.6 Å². The van der Waals surface area contributed by atoms with Gasteiger partial charge in [-0.1, -0.05) is 12.1 Å². The lowest BCUT2D eigenvalue weighted by molar-refractivity contribution is -0.137. The van der Waals surface area contributed by atoms with Crippen LogP contribution in [0.25, 0.3) is 0 Å². The molecule has 1 aromatic carbocycles. The van der Waals surface area contributed by atoms with E-state index in [-0.39, 0.29) is 11.8 Å². The molecule has 7 heteroatoms. The van der Waals surface area contributed by atoms with E-state index in [1.165, 1.54) is 12.1 Å². The Morgan fingerprint density at radius 1 is 1.21 bits per heavy atom. The van der Waals surface area contributed by atoms with Gasteiger partial charge in [0.2, 0.25) is 0 Å². The van der Waals surface area contributed by atoms with E-state index in [1.54, 1.807) is 25.7 Å². The van der Waals surface area contributed by atoms with Crippen molar-refractivity contribution in [1.82, 2.24) is 4.90 Å². The predicted molar refractivity (Wildman–Crippen MR) is 84.5 cm³/mol. The number of hydrogen-bond donors (Lipinski definition) is 1. The van der Waals surface area contributed by atoms with Crippen LogP contribution in [-0.4, -0.2) is 36.2 Å². The largest absolute Gasteiger partial charge is 0.444 e. The first kappa shape index (κ1) is 18.6. The van der Waals surface area contributed by atoms with E-state index in [1.807, 2.05) is 0 Å². The average Bonchev–Trinajstić information content (AvgIpc) is 2.89. The molecule has 0 aliphatic carbocycles. The van der Waals surface area contributed by atoms with Crippen LogP contribution in [0.2, 0.25) is 0 Å². The quantitative estimate of drug-likeness (QED) is 0.892. The van der Waals surface area contributed by atoms with Gasteiger partial charge in [-0.15, -0.1) is 0 Å². The lowest BCUT2D eigenvalue weighted by Gasteiger charge is -2.24. The van der Waals surface area contributed by atoms with Gasteiger partial charge in [0.1, 0.15) is 5.60 Å². The highest BCUT2D eigenvalue weighted by atomic mass is 19.4. The number of ether oxygens (including phenoxy) is 1. The van der Waals surface area contributed by atoms with Gasteiger partial charge in [-0.05, 0) is 50.9 Å². The van der Waals surface area contributed by atoms with Gasteiger partial charge >= 0.3 is 12.3 Å². The van der Waals surface area contributed by atoms with Crippen LogP contribution in [0.1, 0.15) is 37.8 Å². The second-order valence-corrected chi connectivity index (χ2v) is 7.11. The molecule has 0 unspecified atom stereocenters. The van der Waals surface area contributed by atoms with Gasteiger partial charge in [0.15, 0.2) is 0 Å². The van der Waals surface area contributed by atoms with Crippen LogP contribution in [0.4, 0.5) is 18.0 Å². The van der Waals surface area contributed by atoms with Gasteiger partial charge in [-0.25, -0.2) is 4.79 Å². The number of nitrogens with two attached hydrogens (primary N) is 1. The number of alkyl halides is 3. The summed E-state index contributed by atoms with van der Waals surface area (Å²) < 4.78 is 43.4. The highest BCUT2D eigenvalue weighted by Crippen LogP contribution is 2.35. The zero-order valence-corrected chi connectivity index (χ0v) is 14.1. The van der Waals surface area contributed by atoms with Crippen molar-refractivity contribution >= 4 is 6.09 Å². The Morgan fingerprint density at radius 3 is 2.25 bits per heavy atom. The third-order valence-corrected chi connectivity index (χ3v) is 4.06. The molecule has 24 heavy (non-hydrogen) atoms. The Morgan fingerprint density at radius 2 is 1.79 bits per heavy atom. The fraction of sp³-hybridized carbons (Fsp3) is 0.588. The summed E-state index contributed by atoms with van der Waals surface area (Å²) in [6.45, 7) is 6.54. The second-order valence-electron chi connectivity index (χ2n) is 7.11. The lowest BCUT2D eigenvalue weighted by Crippen LogP contribution is -2.35. The SMILES string of the molecule is CC(C)(C)OC(=O)N1C[C@H](CN)[C@@H](c2ccc(C(F)(F)F)cc2)C1. The molecule has 2 rings (SSSR count). The fourth-order valence-electron chi connectivity index (χ4n) is 2.88. The zero-order valence-electron chi connectivity index (χ0n) is 14.1. The standard InChI is InChI=1S/C17H23F3N2O2/c1-16(2,3)24-15(23)22-9-12(8-21)14(10-22)11-4-6-13(7-5-11)17(18,19)20/h4-7,12,14H,8-10,21H2,1-3H3/t12-,14+/m0/s1. The number of nitrogens with zero attached hydrogens (tertiary/aromatic N) is 1. The van der Waals surface area contributed by atoms with Crippen molar-refractivity contribution in [2.45, 2.75) is 38.5 Å². The summed E-state index contributed by atoms with van der Waals surface area (Å²) in [5, 5.41) is 0. The molecule has 1 heterocycles. The number of likely N-dealkylation sites (tertiary alicyclic amines) is 1. The molecule has 0 spiro atoms. The van der Waals surface area contributed by atoms with Gasteiger partial charge in [-0.3, -0.25) is 0 Å². The summed E-state index contributed by atoms with van der Waals surface area (Å²) in [6, 6.07) is 5.07. The molecule has 1 aromatic rings. The molecule has 4 nitrogen and oxygen atoms in total. The number of benzene rings is 1. The number of halogens is 3. The molecule has 1 aliphatic rings. The Bertz CT molecular complexity index is 579. The first-order valence-corrected chi connectivity index (χ1v) is 7.86. The molecule has 1 fully saturated rings. The monoisotopic (exact) mass is 344 g/mol. The minimum atomic E-state index is -4.36. The molecule has 2 atom stereocenters. The normalized spacial score (nSPS) is 21.9. The van der Waals surface area contributed by atoms with E-state index < -0.39 is 23.4 Å². The summed E-state index contributed by atoms with van der Waals surface area (Å²) in [5.74, 6) is -0.0981. The van der Waals surface area contributed by atoms with Crippen LogP contribution in [0, 0.1) is 5.92 Å². The molecule has 134 valence electrons. The molecule has 0 aromatic heterocycles. The van der Waals surface area contributed by atoms with E-state index in [0.717, 1.165) is 17.7 Å². The van der Waals surface area contributed by atoms with Gasteiger partial charge in [0.25, 0.3) is 0 Å². The van der Waals surface area contributed by atoms with Crippen molar-refractivity contribution < 1.29 is 22.7 Å². The zero-order chi connectivity index (χ0) is 18.1. The number of amides is 1. The van der Waals surface area contributed by atoms with Gasteiger partial charge in [0.05, 0.1) is 5.56 Å². The smallest absolute Gasteiger partial charge is 0.416 e. The molecule has 0 bridgehead atoms. The predicted octanol–water partition coefficient (Wildman–Crippen LogP) is 3.61. The van der Waals surface area contributed by atoms with Crippen molar-refractivity contribution in [1.29, 1.82) is 0 Å². The van der Waals surface area contributed by atoms with Crippen LogP contribution >= 0.6 is 0 Å². The molecule has 1 saturated heterocycles. The van der Waals surface area contributed by atoms with Crippen molar-refractivity contribution in [2.24, 2.45) is 11.7 Å². The van der Waals surface area contributed by atoms with Crippen molar-refractivity contribution in [2.75, 3.05) is 19.6 Å². The van der Waals surface area contributed by atoms with Crippen LogP contribution in [0.15, 0.2) is 24.3 Å². The van der Waals surface area contributed by atoms with Crippen molar-refractivity contribution in [3.8, 4) is 0 Å². The summed E-state index contributed by atoms with van der Waals surface area (Å²) in [5.41, 5.74) is 5.27. The van der Waals surface area contributed by atoms with Crippen molar-refractivity contribution in [3.05, 3.63) is 35.4 Å². The number of hydrogen-bond acceptors (Lipinski definition) is 3. The van der Waals surface area contributed by atoms with E-state index in [4.69, 9.17) is 10.5 Å². The maximum atomic E-state index is 12.7. The Kier molecular flexibility index (Phi) is 5.13. The second kappa shape index (κ2) is 6.63. The molecule has 0 radical (unpaired) electrons. The highest BCUT2D eigenvalue weighted by molar-refractivity contribution is 5.68. The fourth-order valence-corrected chi connectivity index (χ4v) is 2.88. The van der Waals surface area contributed by atoms with Crippen LogP contribution in [0.3, 0.4) is 0 Å². The minimum absolute atomic E-state index is 0.00532. The molecule has 0 saturated carbocycles. The Hall–Kier alpha value is -1.76. The average molecular weight is 344 g/mol. The van der Waals surface area contributed by atoms with Gasteiger partial charge in [-0.2, -0.15) is 13.2 Å².